The Hall–Kier alpha value is -3.31. The smallest absolute Gasteiger partial charge is 0.252 e. The SMILES string of the molecule is COc1cc(C(=O)NC(C#N)c2cc(OC)c(OC)c(OC)c2)cc(Cl)c1OCC(C)C. The molecule has 0 radical (unpaired) electrons. The van der Waals surface area contributed by atoms with Crippen molar-refractivity contribution in [3.63, 3.8) is 0 Å². The van der Waals surface area contributed by atoms with Crippen LogP contribution in [0.2, 0.25) is 5.02 Å². The molecular weight excluding hydrogens is 436 g/mol. The van der Waals surface area contributed by atoms with E-state index in [1.807, 2.05) is 13.8 Å². The molecule has 1 amide bonds. The normalized spacial score (nSPS) is 11.3. The number of carbonyl (C=O) groups is 1. The lowest BCUT2D eigenvalue weighted by atomic mass is 10.1. The second-order valence-corrected chi connectivity index (χ2v) is 7.60. The van der Waals surface area contributed by atoms with Crippen LogP contribution in [-0.4, -0.2) is 41.0 Å². The van der Waals surface area contributed by atoms with Crippen molar-refractivity contribution in [1.82, 2.24) is 5.32 Å². The molecule has 1 unspecified atom stereocenters. The Labute approximate surface area is 192 Å². The summed E-state index contributed by atoms with van der Waals surface area (Å²) in [5, 5.41) is 12.6. The number of nitrogens with zero attached hydrogens (tertiary/aromatic N) is 1. The number of methoxy groups -OCH3 is 4. The highest BCUT2D eigenvalue weighted by Gasteiger charge is 2.22. The largest absolute Gasteiger partial charge is 0.493 e. The lowest BCUT2D eigenvalue weighted by Gasteiger charge is -2.18. The minimum absolute atomic E-state index is 0.219. The van der Waals surface area contributed by atoms with Gasteiger partial charge in [-0.2, -0.15) is 5.26 Å². The van der Waals surface area contributed by atoms with Crippen LogP contribution >= 0.6 is 11.6 Å². The van der Waals surface area contributed by atoms with Gasteiger partial charge in [0.1, 0.15) is 6.04 Å². The van der Waals surface area contributed by atoms with Crippen LogP contribution in [0.3, 0.4) is 0 Å². The molecule has 9 heteroatoms. The maximum absolute atomic E-state index is 12.9. The molecule has 172 valence electrons. The zero-order valence-electron chi connectivity index (χ0n) is 18.9. The molecule has 0 heterocycles. The Morgan fingerprint density at radius 1 is 0.969 bits per heavy atom. The summed E-state index contributed by atoms with van der Waals surface area (Å²) >= 11 is 6.34. The van der Waals surface area contributed by atoms with Gasteiger partial charge in [-0.15, -0.1) is 0 Å². The standard InChI is InChI=1S/C23H27ClN2O6/c1-13(2)12-32-21-16(24)7-15(10-18(21)28-3)23(27)26-17(11-25)14-8-19(29-4)22(31-6)20(9-14)30-5/h7-10,13,17H,12H2,1-6H3,(H,26,27). The van der Waals surface area contributed by atoms with Crippen LogP contribution in [0.4, 0.5) is 0 Å². The molecule has 2 aromatic carbocycles. The first-order chi connectivity index (χ1) is 15.3. The number of nitrogens with one attached hydrogen (secondary N) is 1. The van der Waals surface area contributed by atoms with Gasteiger partial charge in [0.15, 0.2) is 23.0 Å². The van der Waals surface area contributed by atoms with E-state index in [4.69, 9.17) is 35.3 Å². The van der Waals surface area contributed by atoms with Crippen LogP contribution in [-0.2, 0) is 0 Å². The number of carbonyl (C=O) groups excluding carboxylic acids is 1. The zero-order chi connectivity index (χ0) is 23.8. The van der Waals surface area contributed by atoms with Gasteiger partial charge < -0.3 is 29.0 Å². The van der Waals surface area contributed by atoms with E-state index in [-0.39, 0.29) is 16.5 Å². The van der Waals surface area contributed by atoms with Crippen molar-refractivity contribution < 1.29 is 28.5 Å². The van der Waals surface area contributed by atoms with Gasteiger partial charge in [0, 0.05) is 5.56 Å². The Balaban J connectivity index is 2.35. The van der Waals surface area contributed by atoms with Crippen molar-refractivity contribution in [3.8, 4) is 34.8 Å². The first kappa shape index (κ1) is 25.0. The molecule has 0 saturated heterocycles. The van der Waals surface area contributed by atoms with Gasteiger partial charge in [-0.3, -0.25) is 4.79 Å². The molecule has 32 heavy (non-hydrogen) atoms. The highest BCUT2D eigenvalue weighted by atomic mass is 35.5. The maximum Gasteiger partial charge on any atom is 0.252 e. The van der Waals surface area contributed by atoms with E-state index in [0.29, 0.717) is 40.9 Å². The van der Waals surface area contributed by atoms with Crippen molar-refractivity contribution in [2.45, 2.75) is 19.9 Å². The predicted octanol–water partition coefficient (Wildman–Crippen LogP) is 4.40. The second kappa shape index (κ2) is 11.3. The fourth-order valence-corrected chi connectivity index (χ4v) is 3.18. The lowest BCUT2D eigenvalue weighted by molar-refractivity contribution is 0.0944. The Morgan fingerprint density at radius 3 is 2.00 bits per heavy atom. The number of benzene rings is 2. The highest BCUT2D eigenvalue weighted by molar-refractivity contribution is 6.32. The van der Waals surface area contributed by atoms with Crippen LogP contribution in [0.1, 0.15) is 35.8 Å². The predicted molar refractivity (Wildman–Crippen MR) is 120 cm³/mol. The Kier molecular flexibility index (Phi) is 8.85. The first-order valence-corrected chi connectivity index (χ1v) is 10.2. The summed E-state index contributed by atoms with van der Waals surface area (Å²) in [4.78, 5) is 12.9. The van der Waals surface area contributed by atoms with Crippen molar-refractivity contribution in [3.05, 3.63) is 40.4 Å². The van der Waals surface area contributed by atoms with Crippen LogP contribution in [0.5, 0.6) is 28.7 Å². The third kappa shape index (κ3) is 5.68. The third-order valence-electron chi connectivity index (χ3n) is 4.48. The molecule has 1 atom stereocenters. The summed E-state index contributed by atoms with van der Waals surface area (Å²) in [6.07, 6.45) is 0. The third-order valence-corrected chi connectivity index (χ3v) is 4.76. The monoisotopic (exact) mass is 462 g/mol. The van der Waals surface area contributed by atoms with Gasteiger partial charge in [0.2, 0.25) is 5.75 Å². The second-order valence-electron chi connectivity index (χ2n) is 7.19. The summed E-state index contributed by atoms with van der Waals surface area (Å²) in [5.41, 5.74) is 0.682. The Bertz CT molecular complexity index is 978. The number of halogens is 1. The maximum atomic E-state index is 12.9. The van der Waals surface area contributed by atoms with Gasteiger partial charge in [0.05, 0.1) is 46.1 Å². The summed E-state index contributed by atoms with van der Waals surface area (Å²) in [6.45, 7) is 4.46. The van der Waals surface area contributed by atoms with Gasteiger partial charge >= 0.3 is 0 Å². The van der Waals surface area contributed by atoms with Gasteiger partial charge in [0.25, 0.3) is 5.91 Å². The number of hydrogen-bond donors (Lipinski definition) is 1. The van der Waals surface area contributed by atoms with Gasteiger partial charge in [-0.05, 0) is 35.7 Å². The van der Waals surface area contributed by atoms with Crippen LogP contribution in [0.25, 0.3) is 0 Å². The van der Waals surface area contributed by atoms with E-state index in [0.717, 1.165) is 0 Å². The summed E-state index contributed by atoms with van der Waals surface area (Å²) in [5.74, 6) is 1.58. The fraction of sp³-hybridized carbons (Fsp3) is 0.391. The number of amides is 1. The number of nitriles is 1. The highest BCUT2D eigenvalue weighted by Crippen LogP contribution is 2.40. The van der Waals surface area contributed by atoms with Gasteiger partial charge in [-0.25, -0.2) is 0 Å². The Morgan fingerprint density at radius 2 is 1.53 bits per heavy atom. The average molecular weight is 463 g/mol. The van der Waals surface area contributed by atoms with Crippen molar-refractivity contribution >= 4 is 17.5 Å². The molecule has 0 saturated carbocycles. The number of hydrogen-bond acceptors (Lipinski definition) is 7. The van der Waals surface area contributed by atoms with E-state index >= 15 is 0 Å². The van der Waals surface area contributed by atoms with Crippen molar-refractivity contribution in [2.24, 2.45) is 5.92 Å². The van der Waals surface area contributed by atoms with Crippen LogP contribution < -0.4 is 29.0 Å². The molecule has 0 fully saturated rings. The van der Waals surface area contributed by atoms with E-state index < -0.39 is 11.9 Å². The molecule has 0 aliphatic carbocycles. The molecule has 0 bridgehead atoms. The van der Waals surface area contributed by atoms with Crippen LogP contribution in [0, 0.1) is 17.2 Å². The number of rotatable bonds is 10. The molecule has 0 spiro atoms. The molecule has 0 aromatic heterocycles. The molecule has 1 N–H and O–H groups in total. The fourth-order valence-electron chi connectivity index (χ4n) is 2.91. The van der Waals surface area contributed by atoms with E-state index in [2.05, 4.69) is 11.4 Å². The topological polar surface area (TPSA) is 99.0 Å². The summed E-state index contributed by atoms with van der Waals surface area (Å²) < 4.78 is 27.0. The van der Waals surface area contributed by atoms with Crippen molar-refractivity contribution in [2.75, 3.05) is 35.0 Å². The molecule has 2 rings (SSSR count). The summed E-state index contributed by atoms with van der Waals surface area (Å²) in [7, 11) is 5.88. The van der Waals surface area contributed by atoms with Crippen LogP contribution in [0.15, 0.2) is 24.3 Å². The van der Waals surface area contributed by atoms with E-state index in [1.54, 1.807) is 12.1 Å². The van der Waals surface area contributed by atoms with E-state index in [9.17, 15) is 10.1 Å². The molecular formula is C23H27ClN2O6. The van der Waals surface area contributed by atoms with Gasteiger partial charge in [-0.1, -0.05) is 25.4 Å². The molecule has 8 nitrogen and oxygen atoms in total. The van der Waals surface area contributed by atoms with Crippen molar-refractivity contribution in [1.29, 1.82) is 5.26 Å². The molecule has 0 aliphatic heterocycles. The molecule has 2 aromatic rings. The first-order valence-electron chi connectivity index (χ1n) is 9.80. The minimum Gasteiger partial charge on any atom is -0.493 e. The average Bonchev–Trinajstić information content (AvgIpc) is 2.79. The quantitative estimate of drug-likeness (QED) is 0.558. The summed E-state index contributed by atoms with van der Waals surface area (Å²) in [6, 6.07) is 7.28. The minimum atomic E-state index is -0.988. The van der Waals surface area contributed by atoms with E-state index in [1.165, 1.54) is 40.6 Å². The zero-order valence-corrected chi connectivity index (χ0v) is 19.7. The number of ether oxygens (including phenoxy) is 5. The lowest BCUT2D eigenvalue weighted by Crippen LogP contribution is -2.27. The molecule has 0 aliphatic rings.